The molecule has 2 heterocycles. The average molecular weight is 469 g/mol. The van der Waals surface area contributed by atoms with Crippen molar-refractivity contribution in [3.05, 3.63) is 75.3 Å². The van der Waals surface area contributed by atoms with E-state index in [4.69, 9.17) is 9.73 Å². The van der Waals surface area contributed by atoms with Crippen LogP contribution in [0.15, 0.2) is 52.6 Å². The van der Waals surface area contributed by atoms with Crippen molar-refractivity contribution in [2.75, 3.05) is 12.9 Å². The smallest absolute Gasteiger partial charge is 0.305 e. The molecule has 33 heavy (non-hydrogen) atoms. The number of aliphatic imine (C=N–C) groups is 1. The van der Waals surface area contributed by atoms with Crippen molar-refractivity contribution in [3.8, 4) is 5.69 Å². The van der Waals surface area contributed by atoms with Gasteiger partial charge in [-0.1, -0.05) is 30.8 Å². The number of non-ortho nitro benzene ring substituents is 1. The molecule has 1 aromatic heterocycles. The van der Waals surface area contributed by atoms with Crippen LogP contribution in [0.25, 0.3) is 5.69 Å². The summed E-state index contributed by atoms with van der Waals surface area (Å²) < 4.78 is 21.4. The van der Waals surface area contributed by atoms with E-state index >= 15 is 0 Å². The Morgan fingerprint density at radius 1 is 1.24 bits per heavy atom. The molecule has 9 nitrogen and oxygen atoms in total. The highest BCUT2D eigenvalue weighted by atomic mass is 32.2. The van der Waals surface area contributed by atoms with Gasteiger partial charge < -0.3 is 4.74 Å². The number of ether oxygens (including phenoxy) is 1. The van der Waals surface area contributed by atoms with E-state index < -0.39 is 22.8 Å². The summed E-state index contributed by atoms with van der Waals surface area (Å²) in [6.45, 7) is 1.97. The Balaban J connectivity index is 2.00. The third-order valence-electron chi connectivity index (χ3n) is 5.18. The second-order valence-corrected chi connectivity index (χ2v) is 8.39. The van der Waals surface area contributed by atoms with Gasteiger partial charge in [-0.05, 0) is 30.4 Å². The van der Waals surface area contributed by atoms with Crippen molar-refractivity contribution in [3.63, 3.8) is 0 Å². The molecular formula is C22H20FN5O4S. The lowest BCUT2D eigenvalue weighted by atomic mass is 9.99. The lowest BCUT2D eigenvalue weighted by Gasteiger charge is -2.13. The van der Waals surface area contributed by atoms with E-state index in [0.717, 1.165) is 0 Å². The highest BCUT2D eigenvalue weighted by molar-refractivity contribution is 7.99. The minimum absolute atomic E-state index is 0.0643. The van der Waals surface area contributed by atoms with Crippen LogP contribution in [0.3, 0.4) is 0 Å². The molecule has 0 fully saturated rings. The Hall–Kier alpha value is -3.60. The van der Waals surface area contributed by atoms with Crippen molar-refractivity contribution >= 4 is 29.1 Å². The Morgan fingerprint density at radius 2 is 2.03 bits per heavy atom. The van der Waals surface area contributed by atoms with Gasteiger partial charge in [-0.25, -0.2) is 4.39 Å². The molecule has 0 saturated carbocycles. The number of rotatable bonds is 7. The number of fused-ring (bicyclic) bond motifs is 3. The zero-order valence-electron chi connectivity index (χ0n) is 17.9. The number of benzene rings is 2. The molecule has 0 N–H and O–H groups in total. The van der Waals surface area contributed by atoms with E-state index in [2.05, 4.69) is 10.2 Å². The zero-order valence-corrected chi connectivity index (χ0v) is 18.7. The average Bonchev–Trinajstić information content (AvgIpc) is 3.17. The van der Waals surface area contributed by atoms with Gasteiger partial charge in [-0.15, -0.1) is 10.2 Å². The first kappa shape index (κ1) is 22.6. The number of halogens is 1. The quantitative estimate of drug-likeness (QED) is 0.220. The number of methoxy groups -OCH3 is 1. The van der Waals surface area contributed by atoms with E-state index in [9.17, 15) is 19.3 Å². The lowest BCUT2D eigenvalue weighted by Crippen LogP contribution is -2.10. The maximum Gasteiger partial charge on any atom is 0.305 e. The summed E-state index contributed by atoms with van der Waals surface area (Å²) in [5, 5.41) is 20.7. The van der Waals surface area contributed by atoms with Crippen LogP contribution in [0.2, 0.25) is 0 Å². The van der Waals surface area contributed by atoms with Gasteiger partial charge in [0.15, 0.2) is 11.0 Å². The van der Waals surface area contributed by atoms with E-state index in [-0.39, 0.29) is 29.8 Å². The van der Waals surface area contributed by atoms with Crippen molar-refractivity contribution in [2.24, 2.45) is 4.99 Å². The molecule has 0 saturated heterocycles. The molecule has 4 rings (SSSR count). The molecular weight excluding hydrogens is 449 g/mol. The van der Waals surface area contributed by atoms with Gasteiger partial charge in [0.05, 0.1) is 23.4 Å². The van der Waals surface area contributed by atoms with Crippen molar-refractivity contribution < 1.29 is 18.8 Å². The number of thioether (sulfide) groups is 1. The fourth-order valence-electron chi connectivity index (χ4n) is 3.67. The van der Waals surface area contributed by atoms with Crippen LogP contribution < -0.4 is 0 Å². The molecule has 1 aliphatic rings. The molecule has 0 amide bonds. The van der Waals surface area contributed by atoms with Crippen LogP contribution in [0.5, 0.6) is 0 Å². The van der Waals surface area contributed by atoms with E-state index in [1.165, 1.54) is 37.1 Å². The number of carbonyl (C=O) groups is 1. The SMILES string of the molecule is CCSc1nnc2n1-c1ccc([N+](=O)[O-])cc1C(c1ccccc1F)=N[C@H]2CCC(=O)OC. The molecule has 0 unspecified atom stereocenters. The molecule has 3 aromatic rings. The third-order valence-corrected chi connectivity index (χ3v) is 5.99. The van der Waals surface area contributed by atoms with Gasteiger partial charge in [0.2, 0.25) is 0 Å². The standard InChI is InChI=1S/C22H20FN5O4S/c1-3-33-22-26-25-21-17(9-11-19(29)32-2)24-20(14-6-4-5-7-16(14)23)15-12-13(28(30)31)8-10-18(15)27(21)22/h4-8,10,12,17H,3,9,11H2,1-2H3/t17-/m0/s1. The van der Waals surface area contributed by atoms with Crippen LogP contribution in [-0.4, -0.2) is 44.2 Å². The number of esters is 1. The van der Waals surface area contributed by atoms with Gasteiger partial charge in [0.1, 0.15) is 11.9 Å². The van der Waals surface area contributed by atoms with E-state index in [0.29, 0.717) is 28.0 Å². The van der Waals surface area contributed by atoms with E-state index in [1.54, 1.807) is 28.8 Å². The zero-order chi connectivity index (χ0) is 23.5. The highest BCUT2D eigenvalue weighted by Crippen LogP contribution is 2.37. The lowest BCUT2D eigenvalue weighted by molar-refractivity contribution is -0.384. The van der Waals surface area contributed by atoms with Gasteiger partial charge in [0.25, 0.3) is 5.69 Å². The van der Waals surface area contributed by atoms with Crippen LogP contribution in [0.4, 0.5) is 10.1 Å². The van der Waals surface area contributed by atoms with Crippen molar-refractivity contribution in [1.29, 1.82) is 0 Å². The molecule has 1 atom stereocenters. The predicted molar refractivity (Wildman–Crippen MR) is 120 cm³/mol. The third kappa shape index (κ3) is 4.36. The highest BCUT2D eigenvalue weighted by Gasteiger charge is 2.31. The number of hydrogen-bond donors (Lipinski definition) is 0. The summed E-state index contributed by atoms with van der Waals surface area (Å²) in [5.74, 6) is 0.260. The molecule has 0 spiro atoms. The number of carbonyl (C=O) groups excluding carboxylic acids is 1. The topological polar surface area (TPSA) is 113 Å². The van der Waals surface area contributed by atoms with Gasteiger partial charge in [-0.2, -0.15) is 0 Å². The maximum absolute atomic E-state index is 14.9. The number of hydrogen-bond acceptors (Lipinski definition) is 8. The van der Waals surface area contributed by atoms with Crippen molar-refractivity contribution in [1.82, 2.24) is 14.8 Å². The van der Waals surface area contributed by atoms with Crippen LogP contribution in [-0.2, 0) is 9.53 Å². The number of aromatic nitrogens is 3. The van der Waals surface area contributed by atoms with Gasteiger partial charge >= 0.3 is 5.97 Å². The predicted octanol–water partition coefficient (Wildman–Crippen LogP) is 4.27. The minimum atomic E-state index is -0.649. The van der Waals surface area contributed by atoms with Crippen LogP contribution in [0, 0.1) is 15.9 Å². The number of nitro benzene ring substituents is 1. The molecule has 0 radical (unpaired) electrons. The van der Waals surface area contributed by atoms with Crippen LogP contribution in [0.1, 0.15) is 42.8 Å². The minimum Gasteiger partial charge on any atom is -0.469 e. The van der Waals surface area contributed by atoms with Crippen molar-refractivity contribution in [2.45, 2.75) is 31.0 Å². The second kappa shape index (κ2) is 9.49. The normalized spacial score (nSPS) is 14.6. The largest absolute Gasteiger partial charge is 0.469 e. The summed E-state index contributed by atoms with van der Waals surface area (Å²) in [6.07, 6.45) is 0.310. The number of nitro groups is 1. The molecule has 170 valence electrons. The van der Waals surface area contributed by atoms with Crippen LogP contribution >= 0.6 is 11.8 Å². The van der Waals surface area contributed by atoms with Gasteiger partial charge in [0, 0.05) is 29.7 Å². The number of nitrogens with zero attached hydrogens (tertiary/aromatic N) is 5. The fraction of sp³-hybridized carbons (Fsp3) is 0.273. The molecule has 0 bridgehead atoms. The molecule has 1 aliphatic heterocycles. The first-order chi connectivity index (χ1) is 15.9. The first-order valence-electron chi connectivity index (χ1n) is 10.2. The van der Waals surface area contributed by atoms with Gasteiger partial charge in [-0.3, -0.25) is 24.5 Å². The Kier molecular flexibility index (Phi) is 6.50. The Bertz CT molecular complexity index is 1260. The first-order valence-corrected chi connectivity index (χ1v) is 11.2. The summed E-state index contributed by atoms with van der Waals surface area (Å²) >= 11 is 1.45. The maximum atomic E-state index is 14.9. The summed E-state index contributed by atoms with van der Waals surface area (Å²) in [4.78, 5) is 27.7. The molecule has 0 aliphatic carbocycles. The second-order valence-electron chi connectivity index (χ2n) is 7.16. The monoisotopic (exact) mass is 469 g/mol. The Morgan fingerprint density at radius 3 is 2.73 bits per heavy atom. The summed E-state index contributed by atoms with van der Waals surface area (Å²) in [6, 6.07) is 9.83. The van der Waals surface area contributed by atoms with E-state index in [1.807, 2.05) is 6.92 Å². The fourth-order valence-corrected chi connectivity index (χ4v) is 4.35. The molecule has 11 heteroatoms. The Labute approximate surface area is 192 Å². The molecule has 2 aromatic carbocycles. The summed E-state index contributed by atoms with van der Waals surface area (Å²) in [5.41, 5.74) is 1.24. The summed E-state index contributed by atoms with van der Waals surface area (Å²) in [7, 11) is 1.30.